The summed E-state index contributed by atoms with van der Waals surface area (Å²) in [5.41, 5.74) is 0.649. The van der Waals surface area contributed by atoms with Crippen LogP contribution in [-0.2, 0) is 4.79 Å². The molecule has 0 N–H and O–H groups in total. The second-order valence-electron chi connectivity index (χ2n) is 2.64. The predicted octanol–water partition coefficient (Wildman–Crippen LogP) is 2.61. The van der Waals surface area contributed by atoms with Crippen molar-refractivity contribution in [3.8, 4) is 0 Å². The van der Waals surface area contributed by atoms with Crippen molar-refractivity contribution in [2.24, 2.45) is 0 Å². The van der Waals surface area contributed by atoms with Gasteiger partial charge < -0.3 is 4.79 Å². The summed E-state index contributed by atoms with van der Waals surface area (Å²) in [6.45, 7) is 0. The lowest BCUT2D eigenvalue weighted by molar-refractivity contribution is -0.107. The normalized spacial score (nSPS) is 9.62. The molecular formula is C10H9BrO2. The molecule has 2 nitrogen and oxygen atoms in total. The lowest BCUT2D eigenvalue weighted by atomic mass is 10.1. The fraction of sp³-hybridized carbons (Fsp3) is 0.200. The minimum absolute atomic E-state index is 0.00778. The van der Waals surface area contributed by atoms with E-state index in [2.05, 4.69) is 15.9 Å². The van der Waals surface area contributed by atoms with Crippen molar-refractivity contribution < 1.29 is 9.59 Å². The van der Waals surface area contributed by atoms with Crippen LogP contribution in [0.25, 0.3) is 0 Å². The summed E-state index contributed by atoms with van der Waals surface area (Å²) in [5, 5.41) is 0. The molecule has 0 saturated carbocycles. The second kappa shape index (κ2) is 4.92. The van der Waals surface area contributed by atoms with Gasteiger partial charge in [-0.15, -0.1) is 0 Å². The molecular weight excluding hydrogens is 232 g/mol. The number of ketones is 1. The molecule has 0 aliphatic carbocycles. The molecule has 3 heteroatoms. The third kappa shape index (κ3) is 3.11. The third-order valence-electron chi connectivity index (χ3n) is 1.64. The van der Waals surface area contributed by atoms with E-state index in [1.54, 1.807) is 18.2 Å². The number of hydrogen-bond donors (Lipinski definition) is 0. The molecule has 0 heterocycles. The molecule has 68 valence electrons. The average molecular weight is 241 g/mol. The van der Waals surface area contributed by atoms with Crippen LogP contribution < -0.4 is 0 Å². The molecule has 0 aliphatic heterocycles. The lowest BCUT2D eigenvalue weighted by Gasteiger charge is -1.98. The highest BCUT2D eigenvalue weighted by molar-refractivity contribution is 9.10. The van der Waals surface area contributed by atoms with E-state index in [0.29, 0.717) is 18.4 Å². The first-order valence-corrected chi connectivity index (χ1v) is 4.75. The van der Waals surface area contributed by atoms with Crippen molar-refractivity contribution in [1.29, 1.82) is 0 Å². The number of Topliss-reactive ketones (excluding diaryl/α,β-unsaturated/α-hetero) is 1. The maximum atomic E-state index is 11.4. The molecule has 0 radical (unpaired) electrons. The fourth-order valence-corrected chi connectivity index (χ4v) is 1.40. The van der Waals surface area contributed by atoms with E-state index in [1.165, 1.54) is 0 Å². The van der Waals surface area contributed by atoms with Gasteiger partial charge in [-0.1, -0.05) is 28.1 Å². The Morgan fingerprint density at radius 1 is 1.46 bits per heavy atom. The third-order valence-corrected chi connectivity index (χ3v) is 2.13. The second-order valence-corrected chi connectivity index (χ2v) is 3.55. The van der Waals surface area contributed by atoms with Gasteiger partial charge >= 0.3 is 0 Å². The highest BCUT2D eigenvalue weighted by Gasteiger charge is 2.04. The van der Waals surface area contributed by atoms with Crippen molar-refractivity contribution in [3.63, 3.8) is 0 Å². The molecule has 0 aliphatic rings. The highest BCUT2D eigenvalue weighted by Crippen LogP contribution is 2.13. The van der Waals surface area contributed by atoms with Crippen LogP contribution in [0.5, 0.6) is 0 Å². The molecule has 0 saturated heterocycles. The van der Waals surface area contributed by atoms with Crippen molar-refractivity contribution >= 4 is 28.0 Å². The number of aldehydes is 1. The van der Waals surface area contributed by atoms with E-state index in [0.717, 1.165) is 10.8 Å². The Bertz CT molecular complexity index is 320. The Hall–Kier alpha value is -0.960. The molecule has 1 aromatic carbocycles. The molecule has 0 bridgehead atoms. The van der Waals surface area contributed by atoms with Gasteiger partial charge in [0, 0.05) is 22.9 Å². The van der Waals surface area contributed by atoms with Gasteiger partial charge in [-0.05, 0) is 12.1 Å². The number of rotatable bonds is 4. The van der Waals surface area contributed by atoms with Crippen LogP contribution in [0, 0.1) is 0 Å². The Balaban J connectivity index is 2.71. The average Bonchev–Trinajstić information content (AvgIpc) is 2.14. The van der Waals surface area contributed by atoms with E-state index in [9.17, 15) is 9.59 Å². The zero-order valence-electron chi connectivity index (χ0n) is 7.00. The van der Waals surface area contributed by atoms with Crippen molar-refractivity contribution in [3.05, 3.63) is 34.3 Å². The monoisotopic (exact) mass is 240 g/mol. The Labute approximate surface area is 85.1 Å². The minimum Gasteiger partial charge on any atom is -0.303 e. The molecule has 0 unspecified atom stereocenters. The SMILES string of the molecule is O=CCCC(=O)c1cccc(Br)c1. The van der Waals surface area contributed by atoms with Gasteiger partial charge in [0.15, 0.2) is 5.78 Å². The molecule has 0 amide bonds. The summed E-state index contributed by atoms with van der Waals surface area (Å²) in [6, 6.07) is 7.17. The van der Waals surface area contributed by atoms with Gasteiger partial charge in [-0.3, -0.25) is 4.79 Å². The molecule has 1 rings (SSSR count). The summed E-state index contributed by atoms with van der Waals surface area (Å²) in [7, 11) is 0. The Kier molecular flexibility index (Phi) is 3.83. The topological polar surface area (TPSA) is 34.1 Å². The molecule has 13 heavy (non-hydrogen) atoms. The van der Waals surface area contributed by atoms with Crippen LogP contribution in [0.3, 0.4) is 0 Å². The minimum atomic E-state index is 0.00778. The standard InChI is InChI=1S/C10H9BrO2/c11-9-4-1-3-8(7-9)10(13)5-2-6-12/h1,3-4,6-7H,2,5H2. The van der Waals surface area contributed by atoms with Gasteiger partial charge in [0.2, 0.25) is 0 Å². The van der Waals surface area contributed by atoms with E-state index < -0.39 is 0 Å². The molecule has 0 fully saturated rings. The first-order chi connectivity index (χ1) is 6.24. The zero-order chi connectivity index (χ0) is 9.68. The van der Waals surface area contributed by atoms with Gasteiger partial charge in [0.25, 0.3) is 0 Å². The van der Waals surface area contributed by atoms with E-state index in [4.69, 9.17) is 0 Å². The van der Waals surface area contributed by atoms with Gasteiger partial charge in [0.1, 0.15) is 6.29 Å². The maximum Gasteiger partial charge on any atom is 0.163 e. The Morgan fingerprint density at radius 2 is 2.23 bits per heavy atom. The number of halogens is 1. The van der Waals surface area contributed by atoms with Crippen LogP contribution in [0.15, 0.2) is 28.7 Å². The lowest BCUT2D eigenvalue weighted by Crippen LogP contribution is -1.98. The number of benzene rings is 1. The summed E-state index contributed by atoms with van der Waals surface area (Å²) in [4.78, 5) is 21.4. The Morgan fingerprint density at radius 3 is 2.85 bits per heavy atom. The maximum absolute atomic E-state index is 11.4. The van der Waals surface area contributed by atoms with Crippen LogP contribution in [0.1, 0.15) is 23.2 Å². The van der Waals surface area contributed by atoms with E-state index in [-0.39, 0.29) is 5.78 Å². The number of carbonyl (C=O) groups excluding carboxylic acids is 2. The smallest absolute Gasteiger partial charge is 0.163 e. The van der Waals surface area contributed by atoms with E-state index >= 15 is 0 Å². The van der Waals surface area contributed by atoms with Crippen molar-refractivity contribution in [2.45, 2.75) is 12.8 Å². The first kappa shape index (κ1) is 10.1. The highest BCUT2D eigenvalue weighted by atomic mass is 79.9. The predicted molar refractivity (Wildman–Crippen MR) is 53.8 cm³/mol. The molecule has 0 atom stereocenters. The quantitative estimate of drug-likeness (QED) is 0.599. The van der Waals surface area contributed by atoms with Gasteiger partial charge in [0.05, 0.1) is 0 Å². The van der Waals surface area contributed by atoms with Gasteiger partial charge in [-0.2, -0.15) is 0 Å². The number of carbonyl (C=O) groups is 2. The summed E-state index contributed by atoms with van der Waals surface area (Å²) >= 11 is 3.28. The first-order valence-electron chi connectivity index (χ1n) is 3.96. The fourth-order valence-electron chi connectivity index (χ4n) is 0.996. The van der Waals surface area contributed by atoms with Crippen LogP contribution in [0.2, 0.25) is 0 Å². The molecule has 0 spiro atoms. The zero-order valence-corrected chi connectivity index (χ0v) is 8.58. The largest absolute Gasteiger partial charge is 0.303 e. The van der Waals surface area contributed by atoms with Crippen LogP contribution >= 0.6 is 15.9 Å². The molecule has 0 aromatic heterocycles. The van der Waals surface area contributed by atoms with Gasteiger partial charge in [-0.25, -0.2) is 0 Å². The van der Waals surface area contributed by atoms with E-state index in [1.807, 2.05) is 6.07 Å². The molecule has 1 aromatic rings. The van der Waals surface area contributed by atoms with Crippen LogP contribution in [0.4, 0.5) is 0 Å². The van der Waals surface area contributed by atoms with Crippen LogP contribution in [-0.4, -0.2) is 12.1 Å². The summed E-state index contributed by atoms with van der Waals surface area (Å²) in [6.07, 6.45) is 1.35. The summed E-state index contributed by atoms with van der Waals surface area (Å²) < 4.78 is 0.879. The van der Waals surface area contributed by atoms with Crippen molar-refractivity contribution in [2.75, 3.05) is 0 Å². The number of hydrogen-bond acceptors (Lipinski definition) is 2. The summed E-state index contributed by atoms with van der Waals surface area (Å²) in [5.74, 6) is 0.00778. The van der Waals surface area contributed by atoms with Crippen molar-refractivity contribution in [1.82, 2.24) is 0 Å².